The SMILES string of the molecule is CCC(NC(=O)c1cc(Cl)ccc1OCc1ccccc1)c1ccc(C)cc1. The Labute approximate surface area is 171 Å². The van der Waals surface area contributed by atoms with E-state index in [9.17, 15) is 4.79 Å². The summed E-state index contributed by atoms with van der Waals surface area (Å²) in [7, 11) is 0. The summed E-state index contributed by atoms with van der Waals surface area (Å²) in [5.74, 6) is 0.322. The molecule has 0 aromatic heterocycles. The molecule has 1 unspecified atom stereocenters. The zero-order valence-electron chi connectivity index (χ0n) is 16.1. The first kappa shape index (κ1) is 20.0. The Hall–Kier alpha value is -2.78. The van der Waals surface area contributed by atoms with Gasteiger partial charge in [-0.2, -0.15) is 0 Å². The smallest absolute Gasteiger partial charge is 0.255 e. The maximum atomic E-state index is 13.0. The van der Waals surface area contributed by atoms with Crippen LogP contribution in [-0.2, 0) is 6.61 Å². The van der Waals surface area contributed by atoms with Crippen molar-refractivity contribution in [1.29, 1.82) is 0 Å². The van der Waals surface area contributed by atoms with E-state index >= 15 is 0 Å². The maximum Gasteiger partial charge on any atom is 0.255 e. The van der Waals surface area contributed by atoms with Gasteiger partial charge in [0.15, 0.2) is 0 Å². The zero-order chi connectivity index (χ0) is 19.9. The van der Waals surface area contributed by atoms with Gasteiger partial charge in [-0.25, -0.2) is 0 Å². The van der Waals surface area contributed by atoms with Gasteiger partial charge in [-0.1, -0.05) is 78.7 Å². The lowest BCUT2D eigenvalue weighted by atomic mass is 10.0. The van der Waals surface area contributed by atoms with Gasteiger partial charge in [0.1, 0.15) is 12.4 Å². The molecule has 144 valence electrons. The Morgan fingerprint density at radius 1 is 1.04 bits per heavy atom. The molecule has 28 heavy (non-hydrogen) atoms. The second-order valence-electron chi connectivity index (χ2n) is 6.76. The Bertz CT molecular complexity index is 923. The van der Waals surface area contributed by atoms with E-state index in [4.69, 9.17) is 16.3 Å². The molecule has 0 aliphatic carbocycles. The number of hydrogen-bond acceptors (Lipinski definition) is 2. The lowest BCUT2D eigenvalue weighted by Gasteiger charge is -2.19. The minimum Gasteiger partial charge on any atom is -0.488 e. The first-order valence-electron chi connectivity index (χ1n) is 9.40. The molecule has 4 heteroatoms. The summed E-state index contributed by atoms with van der Waals surface area (Å²) in [5, 5.41) is 3.61. The lowest BCUT2D eigenvalue weighted by molar-refractivity contribution is 0.0931. The van der Waals surface area contributed by atoms with Crippen molar-refractivity contribution in [1.82, 2.24) is 5.32 Å². The molecule has 1 atom stereocenters. The van der Waals surface area contributed by atoms with Gasteiger partial charge in [-0.05, 0) is 42.7 Å². The highest BCUT2D eigenvalue weighted by molar-refractivity contribution is 6.31. The molecule has 0 radical (unpaired) electrons. The molecular formula is C24H24ClNO2. The zero-order valence-corrected chi connectivity index (χ0v) is 16.9. The normalized spacial score (nSPS) is 11.7. The standard InChI is InChI=1S/C24H24ClNO2/c1-3-22(19-11-9-17(2)10-12-19)26-24(27)21-15-20(25)13-14-23(21)28-16-18-7-5-4-6-8-18/h4-15,22H,3,16H2,1-2H3,(H,26,27). The van der Waals surface area contributed by atoms with E-state index in [-0.39, 0.29) is 11.9 Å². The Morgan fingerprint density at radius 2 is 1.75 bits per heavy atom. The van der Waals surface area contributed by atoms with Gasteiger partial charge in [-0.15, -0.1) is 0 Å². The second-order valence-corrected chi connectivity index (χ2v) is 7.20. The summed E-state index contributed by atoms with van der Waals surface area (Å²) in [5.41, 5.74) is 3.75. The number of amides is 1. The first-order chi connectivity index (χ1) is 13.6. The van der Waals surface area contributed by atoms with Crippen molar-refractivity contribution in [3.05, 3.63) is 100 Å². The van der Waals surface area contributed by atoms with Crippen molar-refractivity contribution < 1.29 is 9.53 Å². The van der Waals surface area contributed by atoms with Gasteiger partial charge < -0.3 is 10.1 Å². The third-order valence-corrected chi connectivity index (χ3v) is 4.85. The monoisotopic (exact) mass is 393 g/mol. The molecule has 0 fully saturated rings. The topological polar surface area (TPSA) is 38.3 Å². The molecule has 0 saturated heterocycles. The number of benzene rings is 3. The summed E-state index contributed by atoms with van der Waals surface area (Å²) in [6.07, 6.45) is 0.787. The van der Waals surface area contributed by atoms with E-state index in [0.717, 1.165) is 17.5 Å². The van der Waals surface area contributed by atoms with Crippen LogP contribution in [0.3, 0.4) is 0 Å². The molecule has 0 aliphatic heterocycles. The van der Waals surface area contributed by atoms with Gasteiger partial charge in [-0.3, -0.25) is 4.79 Å². The number of carbonyl (C=O) groups excluding carboxylic acids is 1. The molecule has 0 bridgehead atoms. The molecule has 3 aromatic carbocycles. The molecule has 0 aliphatic rings. The summed E-state index contributed by atoms with van der Waals surface area (Å²) in [6.45, 7) is 4.49. The Morgan fingerprint density at radius 3 is 2.43 bits per heavy atom. The van der Waals surface area contributed by atoms with Crippen molar-refractivity contribution in [3.63, 3.8) is 0 Å². The average Bonchev–Trinajstić information content (AvgIpc) is 2.72. The van der Waals surface area contributed by atoms with Crippen LogP contribution in [-0.4, -0.2) is 5.91 Å². The summed E-state index contributed by atoms with van der Waals surface area (Å²) < 4.78 is 5.92. The van der Waals surface area contributed by atoms with E-state index < -0.39 is 0 Å². The van der Waals surface area contributed by atoms with E-state index in [1.165, 1.54) is 5.56 Å². The Kier molecular flexibility index (Phi) is 6.72. The van der Waals surface area contributed by atoms with Gasteiger partial charge in [0, 0.05) is 5.02 Å². The van der Waals surface area contributed by atoms with E-state index in [1.54, 1.807) is 18.2 Å². The van der Waals surface area contributed by atoms with Crippen molar-refractivity contribution in [2.24, 2.45) is 0 Å². The van der Waals surface area contributed by atoms with Crippen LogP contribution >= 0.6 is 11.6 Å². The first-order valence-corrected chi connectivity index (χ1v) is 9.78. The number of aryl methyl sites for hydroxylation is 1. The maximum absolute atomic E-state index is 13.0. The van der Waals surface area contributed by atoms with Crippen LogP contribution in [0.4, 0.5) is 0 Å². The van der Waals surface area contributed by atoms with Crippen LogP contribution in [0.5, 0.6) is 5.75 Å². The van der Waals surface area contributed by atoms with Crippen LogP contribution in [0.15, 0.2) is 72.8 Å². The summed E-state index contributed by atoms with van der Waals surface area (Å²) >= 11 is 6.15. The molecule has 1 N–H and O–H groups in total. The lowest BCUT2D eigenvalue weighted by Crippen LogP contribution is -2.28. The van der Waals surface area contributed by atoms with Crippen molar-refractivity contribution in [3.8, 4) is 5.75 Å². The highest BCUT2D eigenvalue weighted by Gasteiger charge is 2.18. The number of nitrogens with one attached hydrogen (secondary N) is 1. The van der Waals surface area contributed by atoms with Gasteiger partial charge in [0.2, 0.25) is 0 Å². The van der Waals surface area contributed by atoms with Crippen LogP contribution < -0.4 is 10.1 Å². The van der Waals surface area contributed by atoms with Gasteiger partial charge in [0.25, 0.3) is 5.91 Å². The van der Waals surface area contributed by atoms with E-state index in [1.807, 2.05) is 37.3 Å². The number of ether oxygens (including phenoxy) is 1. The Balaban J connectivity index is 1.78. The predicted octanol–water partition coefficient (Wildman–Crippen LogP) is 6.11. The van der Waals surface area contributed by atoms with Crippen LogP contribution in [0.1, 0.15) is 46.4 Å². The fourth-order valence-corrected chi connectivity index (χ4v) is 3.17. The largest absolute Gasteiger partial charge is 0.488 e. The molecule has 3 aromatic rings. The summed E-state index contributed by atoms with van der Waals surface area (Å²) in [4.78, 5) is 13.0. The molecular weight excluding hydrogens is 370 g/mol. The fourth-order valence-electron chi connectivity index (χ4n) is 3.00. The minimum absolute atomic E-state index is 0.0749. The molecule has 1 amide bonds. The van der Waals surface area contributed by atoms with Crippen molar-refractivity contribution in [2.45, 2.75) is 32.9 Å². The molecule has 3 nitrogen and oxygen atoms in total. The van der Waals surface area contributed by atoms with Crippen LogP contribution in [0.25, 0.3) is 0 Å². The highest BCUT2D eigenvalue weighted by atomic mass is 35.5. The average molecular weight is 394 g/mol. The van der Waals surface area contributed by atoms with E-state index in [0.29, 0.717) is 22.9 Å². The van der Waals surface area contributed by atoms with Crippen LogP contribution in [0, 0.1) is 6.92 Å². The second kappa shape index (κ2) is 9.43. The predicted molar refractivity (Wildman–Crippen MR) is 114 cm³/mol. The van der Waals surface area contributed by atoms with Crippen molar-refractivity contribution in [2.75, 3.05) is 0 Å². The summed E-state index contributed by atoms with van der Waals surface area (Å²) in [6, 6.07) is 23.1. The quantitative estimate of drug-likeness (QED) is 0.526. The third-order valence-electron chi connectivity index (χ3n) is 4.62. The number of carbonyl (C=O) groups is 1. The number of rotatable bonds is 7. The van der Waals surface area contributed by atoms with Gasteiger partial charge >= 0.3 is 0 Å². The highest BCUT2D eigenvalue weighted by Crippen LogP contribution is 2.26. The molecule has 3 rings (SSSR count). The van der Waals surface area contributed by atoms with E-state index in [2.05, 4.69) is 36.5 Å². The van der Waals surface area contributed by atoms with Gasteiger partial charge in [0.05, 0.1) is 11.6 Å². The third kappa shape index (κ3) is 5.14. The fraction of sp³-hybridized carbons (Fsp3) is 0.208. The number of halogens is 1. The van der Waals surface area contributed by atoms with Crippen molar-refractivity contribution >= 4 is 17.5 Å². The van der Waals surface area contributed by atoms with Crippen LogP contribution in [0.2, 0.25) is 5.02 Å². The molecule has 0 spiro atoms. The molecule has 0 saturated carbocycles. The number of hydrogen-bond donors (Lipinski definition) is 1. The minimum atomic E-state index is -0.196. The molecule has 0 heterocycles.